The van der Waals surface area contributed by atoms with E-state index >= 15 is 0 Å². The summed E-state index contributed by atoms with van der Waals surface area (Å²) in [5.41, 5.74) is 2.40. The summed E-state index contributed by atoms with van der Waals surface area (Å²) < 4.78 is 5.58. The molecular formula is C14H22N2O. The van der Waals surface area contributed by atoms with Gasteiger partial charge < -0.3 is 10.1 Å². The number of hydrogen-bond donors (Lipinski definition) is 1. The normalized spacial score (nSPS) is 15.1. The highest BCUT2D eigenvalue weighted by atomic mass is 16.5. The Bertz CT molecular complexity index is 337. The molecular weight excluding hydrogens is 212 g/mol. The molecule has 0 spiro atoms. The lowest BCUT2D eigenvalue weighted by molar-refractivity contribution is 0.122. The van der Waals surface area contributed by atoms with Gasteiger partial charge in [-0.1, -0.05) is 6.07 Å². The quantitative estimate of drug-likeness (QED) is 0.701. The molecule has 1 heterocycles. The van der Waals surface area contributed by atoms with Crippen LogP contribution in [0, 0.1) is 12.8 Å². The fraction of sp³-hybridized carbons (Fsp3) is 0.643. The van der Waals surface area contributed by atoms with Crippen molar-refractivity contribution in [3.63, 3.8) is 0 Å². The summed E-state index contributed by atoms with van der Waals surface area (Å²) >= 11 is 0. The predicted molar refractivity (Wildman–Crippen MR) is 68.8 cm³/mol. The highest BCUT2D eigenvalue weighted by molar-refractivity contribution is 5.17. The van der Waals surface area contributed by atoms with Gasteiger partial charge in [0.15, 0.2) is 0 Å². The van der Waals surface area contributed by atoms with E-state index in [0.29, 0.717) is 0 Å². The summed E-state index contributed by atoms with van der Waals surface area (Å²) in [6.07, 6.45) is 5.68. The average Bonchev–Trinajstić information content (AvgIpc) is 3.14. The van der Waals surface area contributed by atoms with Crippen LogP contribution in [0.1, 0.15) is 30.5 Å². The number of hydrogen-bond acceptors (Lipinski definition) is 3. The van der Waals surface area contributed by atoms with Crippen molar-refractivity contribution in [2.24, 2.45) is 5.92 Å². The minimum Gasteiger partial charge on any atom is -0.381 e. The third kappa shape index (κ3) is 4.84. The topological polar surface area (TPSA) is 34.2 Å². The van der Waals surface area contributed by atoms with Gasteiger partial charge in [-0.3, -0.25) is 4.98 Å². The number of aryl methyl sites for hydroxylation is 1. The van der Waals surface area contributed by atoms with Crippen LogP contribution in [0.5, 0.6) is 0 Å². The first-order valence-electron chi connectivity index (χ1n) is 6.55. The van der Waals surface area contributed by atoms with E-state index in [1.165, 1.54) is 18.4 Å². The molecule has 1 aliphatic carbocycles. The fourth-order valence-electron chi connectivity index (χ4n) is 1.74. The van der Waals surface area contributed by atoms with Crippen LogP contribution in [0.15, 0.2) is 18.3 Å². The fourth-order valence-corrected chi connectivity index (χ4v) is 1.74. The average molecular weight is 234 g/mol. The van der Waals surface area contributed by atoms with Crippen LogP contribution in [0.2, 0.25) is 0 Å². The van der Waals surface area contributed by atoms with Gasteiger partial charge in [-0.05, 0) is 50.3 Å². The molecule has 0 radical (unpaired) electrons. The Kier molecular flexibility index (Phi) is 4.95. The van der Waals surface area contributed by atoms with Gasteiger partial charge in [-0.25, -0.2) is 0 Å². The van der Waals surface area contributed by atoms with Crippen LogP contribution < -0.4 is 5.32 Å². The molecule has 0 saturated heterocycles. The van der Waals surface area contributed by atoms with Crippen LogP contribution in [0.25, 0.3) is 0 Å². The number of rotatable bonds is 8. The van der Waals surface area contributed by atoms with Crippen LogP contribution in [0.3, 0.4) is 0 Å². The standard InChI is InChI=1S/C14H22N2O/c1-12-4-2-8-16-14(12)10-15-7-3-9-17-11-13-5-6-13/h2,4,8,13,15H,3,5-7,9-11H2,1H3. The zero-order valence-electron chi connectivity index (χ0n) is 10.6. The van der Waals surface area contributed by atoms with Crippen LogP contribution in [0.4, 0.5) is 0 Å². The first-order chi connectivity index (χ1) is 8.36. The maximum atomic E-state index is 5.58. The Hall–Kier alpha value is -0.930. The van der Waals surface area contributed by atoms with Crippen molar-refractivity contribution in [1.29, 1.82) is 0 Å². The highest BCUT2D eigenvalue weighted by Gasteiger charge is 2.20. The highest BCUT2D eigenvalue weighted by Crippen LogP contribution is 2.28. The van der Waals surface area contributed by atoms with Crippen molar-refractivity contribution in [2.75, 3.05) is 19.8 Å². The molecule has 0 aliphatic heterocycles. The lowest BCUT2D eigenvalue weighted by Gasteiger charge is -2.07. The van der Waals surface area contributed by atoms with Gasteiger partial charge in [-0.2, -0.15) is 0 Å². The molecule has 17 heavy (non-hydrogen) atoms. The minimum absolute atomic E-state index is 0.856. The van der Waals surface area contributed by atoms with Gasteiger partial charge in [0.25, 0.3) is 0 Å². The lowest BCUT2D eigenvalue weighted by atomic mass is 10.2. The van der Waals surface area contributed by atoms with Gasteiger partial charge in [0.05, 0.1) is 5.69 Å². The van der Waals surface area contributed by atoms with Gasteiger partial charge in [0, 0.05) is 26.0 Å². The SMILES string of the molecule is Cc1cccnc1CNCCCOCC1CC1. The molecule has 3 nitrogen and oxygen atoms in total. The molecule has 0 unspecified atom stereocenters. The van der Waals surface area contributed by atoms with Crippen LogP contribution in [-0.4, -0.2) is 24.7 Å². The Morgan fingerprint density at radius 3 is 3.12 bits per heavy atom. The molecule has 2 rings (SSSR count). The number of ether oxygens (including phenoxy) is 1. The summed E-state index contributed by atoms with van der Waals surface area (Å²) in [7, 11) is 0. The van der Waals surface area contributed by atoms with Crippen molar-refractivity contribution in [3.05, 3.63) is 29.6 Å². The van der Waals surface area contributed by atoms with E-state index in [0.717, 1.165) is 44.3 Å². The van der Waals surface area contributed by atoms with E-state index in [-0.39, 0.29) is 0 Å². The van der Waals surface area contributed by atoms with E-state index in [2.05, 4.69) is 23.3 Å². The summed E-state index contributed by atoms with van der Waals surface area (Å²) in [5, 5.41) is 3.40. The Morgan fingerprint density at radius 2 is 2.35 bits per heavy atom. The van der Waals surface area contributed by atoms with E-state index in [9.17, 15) is 0 Å². The molecule has 1 aromatic heterocycles. The molecule has 0 bridgehead atoms. The Labute approximate surface area is 104 Å². The number of nitrogens with zero attached hydrogens (tertiary/aromatic N) is 1. The summed E-state index contributed by atoms with van der Waals surface area (Å²) in [5.74, 6) is 0.874. The van der Waals surface area contributed by atoms with Crippen LogP contribution in [-0.2, 0) is 11.3 Å². The molecule has 1 N–H and O–H groups in total. The molecule has 0 amide bonds. The molecule has 1 fully saturated rings. The smallest absolute Gasteiger partial charge is 0.0570 e. The zero-order valence-corrected chi connectivity index (χ0v) is 10.6. The summed E-state index contributed by atoms with van der Waals surface area (Å²) in [6, 6.07) is 4.08. The molecule has 1 aromatic rings. The number of nitrogens with one attached hydrogen (secondary N) is 1. The van der Waals surface area contributed by atoms with Crippen LogP contribution >= 0.6 is 0 Å². The van der Waals surface area contributed by atoms with Gasteiger partial charge in [0.2, 0.25) is 0 Å². The molecule has 3 heteroatoms. The largest absolute Gasteiger partial charge is 0.381 e. The van der Waals surface area contributed by atoms with Crippen molar-refractivity contribution in [3.8, 4) is 0 Å². The second-order valence-electron chi connectivity index (χ2n) is 4.82. The van der Waals surface area contributed by atoms with E-state index in [1.807, 2.05) is 12.3 Å². The Morgan fingerprint density at radius 1 is 1.47 bits per heavy atom. The van der Waals surface area contributed by atoms with Crippen molar-refractivity contribution >= 4 is 0 Å². The molecule has 94 valence electrons. The third-order valence-corrected chi connectivity index (χ3v) is 3.10. The monoisotopic (exact) mass is 234 g/mol. The molecule has 0 aromatic carbocycles. The van der Waals surface area contributed by atoms with Crippen molar-refractivity contribution in [2.45, 2.75) is 32.7 Å². The maximum Gasteiger partial charge on any atom is 0.0570 e. The van der Waals surface area contributed by atoms with E-state index < -0.39 is 0 Å². The molecule has 1 aliphatic rings. The summed E-state index contributed by atoms with van der Waals surface area (Å²) in [4.78, 5) is 4.35. The lowest BCUT2D eigenvalue weighted by Crippen LogP contribution is -2.18. The van der Waals surface area contributed by atoms with Gasteiger partial charge in [-0.15, -0.1) is 0 Å². The minimum atomic E-state index is 0.856. The predicted octanol–water partition coefficient (Wildman–Crippen LogP) is 2.30. The third-order valence-electron chi connectivity index (χ3n) is 3.10. The van der Waals surface area contributed by atoms with Gasteiger partial charge >= 0.3 is 0 Å². The van der Waals surface area contributed by atoms with Crippen molar-refractivity contribution < 1.29 is 4.74 Å². The number of aromatic nitrogens is 1. The van der Waals surface area contributed by atoms with Crippen molar-refractivity contribution in [1.82, 2.24) is 10.3 Å². The maximum absolute atomic E-state index is 5.58. The second kappa shape index (κ2) is 6.72. The Balaban J connectivity index is 1.49. The first kappa shape index (κ1) is 12.5. The number of pyridine rings is 1. The summed E-state index contributed by atoms with van der Waals surface area (Å²) in [6.45, 7) is 5.81. The zero-order chi connectivity index (χ0) is 11.9. The van der Waals surface area contributed by atoms with E-state index in [1.54, 1.807) is 0 Å². The second-order valence-corrected chi connectivity index (χ2v) is 4.82. The molecule has 1 saturated carbocycles. The van der Waals surface area contributed by atoms with E-state index in [4.69, 9.17) is 4.74 Å². The molecule has 0 atom stereocenters. The van der Waals surface area contributed by atoms with Gasteiger partial charge in [0.1, 0.15) is 0 Å². The first-order valence-corrected chi connectivity index (χ1v) is 6.55.